The highest BCUT2D eigenvalue weighted by atomic mass is 32.1. The minimum Gasteiger partial charge on any atom is -0.495 e. The molecule has 1 aromatic heterocycles. The largest absolute Gasteiger partial charge is 0.495 e. The van der Waals surface area contributed by atoms with Gasteiger partial charge in [-0.25, -0.2) is 4.79 Å². The van der Waals surface area contributed by atoms with E-state index in [1.165, 1.54) is 5.56 Å². The monoisotopic (exact) mass is 428 g/mol. The Balaban J connectivity index is 1.51. The highest BCUT2D eigenvalue weighted by Gasteiger charge is 2.31. The molecule has 2 fully saturated rings. The predicted molar refractivity (Wildman–Crippen MR) is 118 cm³/mol. The molecule has 2 aliphatic rings. The van der Waals surface area contributed by atoms with Crippen molar-refractivity contribution in [2.75, 3.05) is 52.2 Å². The van der Waals surface area contributed by atoms with E-state index in [0.717, 1.165) is 25.9 Å². The molecule has 0 aliphatic carbocycles. The van der Waals surface area contributed by atoms with Crippen LogP contribution in [0.1, 0.15) is 34.8 Å². The fourth-order valence-electron chi connectivity index (χ4n) is 4.14. The van der Waals surface area contributed by atoms with Crippen LogP contribution in [-0.2, 0) is 0 Å². The third-order valence-corrected chi connectivity index (χ3v) is 6.62. The summed E-state index contributed by atoms with van der Waals surface area (Å²) in [4.78, 5) is 32.0. The van der Waals surface area contributed by atoms with E-state index in [9.17, 15) is 9.59 Å². The zero-order chi connectivity index (χ0) is 21.1. The summed E-state index contributed by atoms with van der Waals surface area (Å²) in [6.07, 6.45) is 1.94. The van der Waals surface area contributed by atoms with Gasteiger partial charge in [-0.15, -0.1) is 0 Å². The van der Waals surface area contributed by atoms with Crippen LogP contribution in [0.4, 0.5) is 10.5 Å². The summed E-state index contributed by atoms with van der Waals surface area (Å²) in [6.45, 7) is 3.86. The van der Waals surface area contributed by atoms with Crippen LogP contribution < -0.4 is 10.1 Å². The Morgan fingerprint density at radius 2 is 1.93 bits per heavy atom. The molecule has 0 spiro atoms. The maximum atomic E-state index is 13.1. The van der Waals surface area contributed by atoms with E-state index in [-0.39, 0.29) is 18.0 Å². The molecule has 0 unspecified atom stereocenters. The fourth-order valence-corrected chi connectivity index (χ4v) is 4.85. The van der Waals surface area contributed by atoms with Gasteiger partial charge in [0.2, 0.25) is 0 Å². The van der Waals surface area contributed by atoms with E-state index < -0.39 is 0 Å². The first-order chi connectivity index (χ1) is 14.6. The van der Waals surface area contributed by atoms with Crippen molar-refractivity contribution in [3.63, 3.8) is 0 Å². The number of urea groups is 1. The zero-order valence-corrected chi connectivity index (χ0v) is 18.3. The molecule has 1 atom stereocenters. The lowest BCUT2D eigenvalue weighted by molar-refractivity contribution is 0.0664. The molecule has 1 N–H and O–H groups in total. The number of anilines is 1. The van der Waals surface area contributed by atoms with Crippen LogP contribution >= 0.6 is 11.3 Å². The number of piperazine rings is 1. The van der Waals surface area contributed by atoms with Crippen molar-refractivity contribution in [3.05, 3.63) is 46.2 Å². The van der Waals surface area contributed by atoms with Crippen molar-refractivity contribution in [2.45, 2.75) is 18.9 Å². The SMILES string of the molecule is COc1ccc(C(=O)N2CCN(C)CC2)cc1NC(=O)N1CCC[C@@H]1c1ccsc1. The second-order valence-electron chi connectivity index (χ2n) is 7.85. The number of benzene rings is 1. The average molecular weight is 429 g/mol. The fraction of sp³-hybridized carbons (Fsp3) is 0.455. The van der Waals surface area contributed by atoms with E-state index in [1.54, 1.807) is 36.6 Å². The molecule has 160 valence electrons. The third kappa shape index (κ3) is 4.29. The van der Waals surface area contributed by atoms with Gasteiger partial charge in [0, 0.05) is 38.3 Å². The number of likely N-dealkylation sites (tertiary alicyclic amines) is 1. The molecule has 0 radical (unpaired) electrons. The second-order valence-corrected chi connectivity index (χ2v) is 8.63. The Morgan fingerprint density at radius 1 is 1.13 bits per heavy atom. The van der Waals surface area contributed by atoms with Crippen molar-refractivity contribution in [1.82, 2.24) is 14.7 Å². The molecule has 0 saturated carbocycles. The van der Waals surface area contributed by atoms with Crippen LogP contribution in [0.5, 0.6) is 5.75 Å². The molecule has 1 aromatic carbocycles. The quantitative estimate of drug-likeness (QED) is 0.809. The molecule has 2 saturated heterocycles. The highest BCUT2D eigenvalue weighted by molar-refractivity contribution is 7.08. The standard InChI is InChI=1S/C22H28N4O3S/c1-24-9-11-25(12-10-24)21(27)16-5-6-20(29-2)18(14-16)23-22(28)26-8-3-4-19(26)17-7-13-30-15-17/h5-7,13-15,19H,3-4,8-12H2,1-2H3,(H,23,28)/t19-/m1/s1. The summed E-state index contributed by atoms with van der Waals surface area (Å²) in [5.74, 6) is 0.531. The highest BCUT2D eigenvalue weighted by Crippen LogP contribution is 2.34. The lowest BCUT2D eigenvalue weighted by atomic mass is 10.1. The van der Waals surface area contributed by atoms with Crippen molar-refractivity contribution < 1.29 is 14.3 Å². The number of carbonyl (C=O) groups excluding carboxylic acids is 2. The lowest BCUT2D eigenvalue weighted by Crippen LogP contribution is -2.47. The number of hydrogen-bond donors (Lipinski definition) is 1. The summed E-state index contributed by atoms with van der Waals surface area (Å²) in [5, 5.41) is 7.13. The second kappa shape index (κ2) is 9.06. The van der Waals surface area contributed by atoms with E-state index in [4.69, 9.17) is 4.74 Å². The minimum absolute atomic E-state index is 0.0152. The number of nitrogens with zero attached hydrogens (tertiary/aromatic N) is 3. The molecule has 3 heterocycles. The molecular formula is C22H28N4O3S. The lowest BCUT2D eigenvalue weighted by Gasteiger charge is -2.32. The molecular weight excluding hydrogens is 400 g/mol. The van der Waals surface area contributed by atoms with Gasteiger partial charge in [0.25, 0.3) is 5.91 Å². The summed E-state index contributed by atoms with van der Waals surface area (Å²) < 4.78 is 5.44. The Morgan fingerprint density at radius 3 is 2.63 bits per heavy atom. The Kier molecular flexibility index (Phi) is 6.24. The molecule has 4 rings (SSSR count). The first kappa shape index (κ1) is 20.7. The summed E-state index contributed by atoms with van der Waals surface area (Å²) in [7, 11) is 3.63. The van der Waals surface area contributed by atoms with Crippen LogP contribution in [0, 0.1) is 0 Å². The Hall–Kier alpha value is -2.58. The van der Waals surface area contributed by atoms with Gasteiger partial charge in [0.1, 0.15) is 5.75 Å². The molecule has 8 heteroatoms. The van der Waals surface area contributed by atoms with Crippen LogP contribution in [0.15, 0.2) is 35.0 Å². The van der Waals surface area contributed by atoms with E-state index in [1.807, 2.05) is 15.2 Å². The Labute approximate surface area is 181 Å². The number of ether oxygens (including phenoxy) is 1. The third-order valence-electron chi connectivity index (χ3n) is 5.92. The van der Waals surface area contributed by atoms with Crippen molar-refractivity contribution in [1.29, 1.82) is 0 Å². The van der Waals surface area contributed by atoms with Gasteiger partial charge in [0.05, 0.1) is 18.8 Å². The zero-order valence-electron chi connectivity index (χ0n) is 17.5. The molecule has 7 nitrogen and oxygen atoms in total. The Bertz CT molecular complexity index is 894. The van der Waals surface area contributed by atoms with Crippen molar-refractivity contribution in [3.8, 4) is 5.75 Å². The van der Waals surface area contributed by atoms with Gasteiger partial charge in [-0.1, -0.05) is 0 Å². The van der Waals surface area contributed by atoms with E-state index >= 15 is 0 Å². The van der Waals surface area contributed by atoms with Crippen LogP contribution in [0.3, 0.4) is 0 Å². The molecule has 30 heavy (non-hydrogen) atoms. The van der Waals surface area contributed by atoms with Crippen LogP contribution in [0.2, 0.25) is 0 Å². The van der Waals surface area contributed by atoms with E-state index in [0.29, 0.717) is 36.6 Å². The topological polar surface area (TPSA) is 65.1 Å². The number of nitrogens with one attached hydrogen (secondary N) is 1. The maximum absolute atomic E-state index is 13.1. The normalized spacial score (nSPS) is 19.7. The van der Waals surface area contributed by atoms with Crippen LogP contribution in [-0.4, -0.2) is 73.5 Å². The first-order valence-electron chi connectivity index (χ1n) is 10.3. The van der Waals surface area contributed by atoms with Gasteiger partial charge >= 0.3 is 6.03 Å². The predicted octanol–water partition coefficient (Wildman–Crippen LogP) is 3.51. The molecule has 3 amide bonds. The van der Waals surface area contributed by atoms with Gasteiger partial charge in [-0.05, 0) is 60.5 Å². The van der Waals surface area contributed by atoms with Crippen LogP contribution in [0.25, 0.3) is 0 Å². The maximum Gasteiger partial charge on any atom is 0.322 e. The number of carbonyl (C=O) groups is 2. The average Bonchev–Trinajstić information content (AvgIpc) is 3.45. The van der Waals surface area contributed by atoms with Crippen molar-refractivity contribution in [2.24, 2.45) is 0 Å². The minimum atomic E-state index is -0.161. The number of amides is 3. The summed E-state index contributed by atoms with van der Waals surface area (Å²) in [6, 6.07) is 7.26. The summed E-state index contributed by atoms with van der Waals surface area (Å²) in [5.41, 5.74) is 2.27. The van der Waals surface area contributed by atoms with Gasteiger partial charge in [-0.3, -0.25) is 4.79 Å². The number of hydrogen-bond acceptors (Lipinski definition) is 5. The van der Waals surface area contributed by atoms with E-state index in [2.05, 4.69) is 28.7 Å². The van der Waals surface area contributed by atoms with Gasteiger partial charge in [-0.2, -0.15) is 11.3 Å². The van der Waals surface area contributed by atoms with Crippen molar-refractivity contribution >= 4 is 29.0 Å². The number of methoxy groups -OCH3 is 1. The molecule has 2 aromatic rings. The molecule has 0 bridgehead atoms. The number of thiophene rings is 1. The first-order valence-corrected chi connectivity index (χ1v) is 11.3. The number of rotatable bonds is 4. The van der Waals surface area contributed by atoms with Gasteiger partial charge < -0.3 is 24.8 Å². The number of likely N-dealkylation sites (N-methyl/N-ethyl adjacent to an activating group) is 1. The smallest absolute Gasteiger partial charge is 0.322 e. The summed E-state index contributed by atoms with van der Waals surface area (Å²) >= 11 is 1.65. The van der Waals surface area contributed by atoms with Gasteiger partial charge in [0.15, 0.2) is 0 Å². The molecule has 2 aliphatic heterocycles.